The van der Waals surface area contributed by atoms with E-state index < -0.39 is 35.0 Å². The lowest BCUT2D eigenvalue weighted by atomic mass is 9.73. The smallest absolute Gasteiger partial charge is 0.285 e. The monoisotopic (exact) mass is 634 g/mol. The van der Waals surface area contributed by atoms with Crippen LogP contribution in [0, 0.1) is 53.3 Å². The van der Waals surface area contributed by atoms with Crippen LogP contribution in [0.25, 0.3) is 0 Å². The van der Waals surface area contributed by atoms with Gasteiger partial charge in [-0.3, -0.25) is 24.0 Å². The summed E-state index contributed by atoms with van der Waals surface area (Å²) in [6.07, 6.45) is 7.35. The summed E-state index contributed by atoms with van der Waals surface area (Å²) in [5.41, 5.74) is 6.69. The number of carbonyl (C=O) groups excluding carboxylic acids is 5. The lowest BCUT2D eigenvalue weighted by Gasteiger charge is -2.35. The minimum absolute atomic E-state index is 0.0106. The highest BCUT2D eigenvalue weighted by atomic mass is 16.5. The number of primary amides is 1. The lowest BCUT2D eigenvalue weighted by Crippen LogP contribution is -2.48. The maximum Gasteiger partial charge on any atom is 0.285 e. The maximum absolute atomic E-state index is 14.7. The first-order valence-electron chi connectivity index (χ1n) is 17.3. The van der Waals surface area contributed by atoms with Crippen molar-refractivity contribution < 1.29 is 28.7 Å². The maximum atomic E-state index is 14.7. The highest BCUT2D eigenvalue weighted by Gasteiger charge is 2.85. The number of fused-ring (bicyclic) bond motifs is 1. The van der Waals surface area contributed by atoms with Gasteiger partial charge in [0, 0.05) is 30.7 Å². The van der Waals surface area contributed by atoms with Gasteiger partial charge in [-0.2, -0.15) is 0 Å². The Labute approximate surface area is 274 Å². The molecule has 1 heterocycles. The number of hydrogen-bond donors (Lipinski definition) is 1. The Kier molecular flexibility index (Phi) is 9.10. The standard InChI is InChI=1S/C38H54N2O6/c1-23-11-8-12-24(2)32(23)46-21-27(41)19-28(35(3,4)5)34(45)40-22-38(36(6,7)37(38)15-10-16-37)20-29(40)30(42)18-26(31(43)33(39)44)17-25-13-9-14-25/h8,11-12,25-26,28-29H,9-10,13-22H2,1-7H3,(H2,39,44)/t26?,28-,29+,38-/m1/s1. The number of para-hydroxylation sites is 1. The number of hydrogen-bond acceptors (Lipinski definition) is 6. The Morgan fingerprint density at radius 1 is 0.978 bits per heavy atom. The first-order chi connectivity index (χ1) is 21.5. The number of ketones is 3. The van der Waals surface area contributed by atoms with Crippen LogP contribution in [0.4, 0.5) is 0 Å². The number of aryl methyl sites for hydroxylation is 2. The summed E-state index contributed by atoms with van der Waals surface area (Å²) < 4.78 is 5.96. The van der Waals surface area contributed by atoms with Gasteiger partial charge in [0.25, 0.3) is 5.91 Å². The van der Waals surface area contributed by atoms with E-state index in [2.05, 4.69) is 13.8 Å². The number of Topliss-reactive ketones (excluding diaryl/α,β-unsaturated/α-hetero) is 3. The molecule has 8 nitrogen and oxygen atoms in total. The average Bonchev–Trinajstić information content (AvgIpc) is 3.15. The largest absolute Gasteiger partial charge is 0.485 e. The molecule has 1 aliphatic heterocycles. The summed E-state index contributed by atoms with van der Waals surface area (Å²) in [6, 6.07) is 5.14. The molecule has 3 aliphatic carbocycles. The molecule has 2 spiro atoms. The number of rotatable bonds is 13. The van der Waals surface area contributed by atoms with Crippen molar-refractivity contribution in [1.82, 2.24) is 4.90 Å². The molecule has 3 saturated carbocycles. The average molecular weight is 635 g/mol. The van der Waals surface area contributed by atoms with Gasteiger partial charge in [0.1, 0.15) is 12.4 Å². The van der Waals surface area contributed by atoms with Gasteiger partial charge < -0.3 is 15.4 Å². The third kappa shape index (κ3) is 5.72. The number of nitrogens with two attached hydrogens (primary N) is 1. The molecule has 2 amide bonds. The first-order valence-corrected chi connectivity index (χ1v) is 17.3. The number of likely N-dealkylation sites (tertiary alicyclic amines) is 1. The van der Waals surface area contributed by atoms with Crippen LogP contribution in [-0.2, 0) is 24.0 Å². The summed E-state index contributed by atoms with van der Waals surface area (Å²) in [6.45, 7) is 14.7. The van der Waals surface area contributed by atoms with Gasteiger partial charge in [0.15, 0.2) is 11.6 Å². The Morgan fingerprint density at radius 2 is 1.61 bits per heavy atom. The van der Waals surface area contributed by atoms with E-state index in [4.69, 9.17) is 10.5 Å². The van der Waals surface area contributed by atoms with E-state index in [-0.39, 0.29) is 53.2 Å². The van der Waals surface area contributed by atoms with Gasteiger partial charge in [-0.15, -0.1) is 0 Å². The number of benzene rings is 1. The molecule has 1 saturated heterocycles. The van der Waals surface area contributed by atoms with E-state index in [1.165, 1.54) is 0 Å². The van der Waals surface area contributed by atoms with Gasteiger partial charge in [-0.05, 0) is 72.8 Å². The third-order valence-electron chi connectivity index (χ3n) is 12.9. The molecule has 0 radical (unpaired) electrons. The molecular formula is C38H54N2O6. The van der Waals surface area contributed by atoms with Crippen molar-refractivity contribution in [2.75, 3.05) is 13.2 Å². The predicted molar refractivity (Wildman–Crippen MR) is 176 cm³/mol. The molecule has 4 aliphatic rings. The molecule has 2 N–H and O–H groups in total. The molecule has 8 heteroatoms. The van der Waals surface area contributed by atoms with Crippen LogP contribution >= 0.6 is 0 Å². The summed E-state index contributed by atoms with van der Waals surface area (Å²) in [5, 5.41) is 0. The number of nitrogens with zero attached hydrogens (tertiary/aromatic N) is 1. The zero-order chi connectivity index (χ0) is 33.8. The van der Waals surface area contributed by atoms with Crippen LogP contribution in [0.15, 0.2) is 18.2 Å². The minimum Gasteiger partial charge on any atom is -0.485 e. The van der Waals surface area contributed by atoms with Crippen molar-refractivity contribution in [2.45, 2.75) is 119 Å². The Bertz CT molecular complexity index is 1390. The van der Waals surface area contributed by atoms with E-state index in [0.29, 0.717) is 31.1 Å². The fraction of sp³-hybridized carbons (Fsp3) is 0.711. The molecule has 0 aromatic heterocycles. The zero-order valence-corrected chi connectivity index (χ0v) is 29.0. The van der Waals surface area contributed by atoms with Crippen molar-refractivity contribution in [2.24, 2.45) is 45.1 Å². The van der Waals surface area contributed by atoms with E-state index in [0.717, 1.165) is 49.7 Å². The molecule has 1 aromatic rings. The SMILES string of the molecule is Cc1cccc(C)c1OCC(=O)C[C@H](C(=O)N1C[C@]2(C[C@H]1C(=O)CC(CC1CCC1)C(=O)C(N)=O)C(C)(C)C21CCC1)C(C)(C)C. The summed E-state index contributed by atoms with van der Waals surface area (Å²) in [4.78, 5) is 69.0. The number of ether oxygens (including phenoxy) is 1. The molecule has 1 unspecified atom stereocenters. The molecule has 252 valence electrons. The second kappa shape index (κ2) is 12.2. The number of amides is 2. The van der Waals surface area contributed by atoms with Crippen molar-refractivity contribution in [1.29, 1.82) is 0 Å². The fourth-order valence-electron chi connectivity index (χ4n) is 9.54. The minimum atomic E-state index is -1.00. The van der Waals surface area contributed by atoms with Crippen molar-refractivity contribution in [3.8, 4) is 5.75 Å². The molecule has 1 aromatic carbocycles. The quantitative estimate of drug-likeness (QED) is 0.269. The van der Waals surface area contributed by atoms with Crippen LogP contribution in [0.1, 0.15) is 110 Å². The molecular weight excluding hydrogens is 580 g/mol. The van der Waals surface area contributed by atoms with Crippen LogP contribution in [0.5, 0.6) is 5.75 Å². The summed E-state index contributed by atoms with van der Waals surface area (Å²) in [5.74, 6) is -2.60. The van der Waals surface area contributed by atoms with Gasteiger partial charge in [0.05, 0.1) is 12.0 Å². The predicted octanol–water partition coefficient (Wildman–Crippen LogP) is 5.92. The second-order valence-electron chi connectivity index (χ2n) is 16.6. The summed E-state index contributed by atoms with van der Waals surface area (Å²) >= 11 is 0. The molecule has 4 atom stereocenters. The zero-order valence-electron chi connectivity index (χ0n) is 29.0. The van der Waals surface area contributed by atoms with Crippen LogP contribution < -0.4 is 10.5 Å². The third-order valence-corrected chi connectivity index (χ3v) is 12.9. The highest BCUT2D eigenvalue weighted by molar-refractivity contribution is 6.36. The lowest BCUT2D eigenvalue weighted by molar-refractivity contribution is -0.147. The van der Waals surface area contributed by atoms with E-state index >= 15 is 0 Å². The molecule has 0 bridgehead atoms. The van der Waals surface area contributed by atoms with E-state index in [1.54, 1.807) is 4.90 Å². The Hall–Kier alpha value is -3.03. The first kappa shape index (κ1) is 34.3. The Balaban J connectivity index is 1.39. The van der Waals surface area contributed by atoms with Crippen LogP contribution in [-0.4, -0.2) is 53.3 Å². The highest BCUT2D eigenvalue weighted by Crippen LogP contribution is 2.88. The second-order valence-corrected chi connectivity index (χ2v) is 16.6. The molecule has 4 fully saturated rings. The van der Waals surface area contributed by atoms with Gasteiger partial charge >= 0.3 is 0 Å². The van der Waals surface area contributed by atoms with Crippen molar-refractivity contribution >= 4 is 29.2 Å². The van der Waals surface area contributed by atoms with E-state index in [9.17, 15) is 24.0 Å². The fourth-order valence-corrected chi connectivity index (χ4v) is 9.54. The van der Waals surface area contributed by atoms with Crippen LogP contribution in [0.3, 0.4) is 0 Å². The van der Waals surface area contributed by atoms with Gasteiger partial charge in [0.2, 0.25) is 11.7 Å². The number of carbonyl (C=O) groups is 5. The topological polar surface area (TPSA) is 124 Å². The van der Waals surface area contributed by atoms with Gasteiger partial charge in [-0.25, -0.2) is 0 Å². The normalized spacial score (nSPS) is 25.8. The van der Waals surface area contributed by atoms with Crippen LogP contribution in [0.2, 0.25) is 0 Å². The summed E-state index contributed by atoms with van der Waals surface area (Å²) in [7, 11) is 0. The van der Waals surface area contributed by atoms with Crippen molar-refractivity contribution in [3.05, 3.63) is 29.3 Å². The van der Waals surface area contributed by atoms with E-state index in [1.807, 2.05) is 52.8 Å². The molecule has 5 rings (SSSR count). The van der Waals surface area contributed by atoms with Crippen molar-refractivity contribution in [3.63, 3.8) is 0 Å². The Morgan fingerprint density at radius 3 is 2.09 bits per heavy atom. The molecule has 46 heavy (non-hydrogen) atoms. The van der Waals surface area contributed by atoms with Gasteiger partial charge in [-0.1, -0.05) is 78.5 Å².